The number of nitrogens with one attached hydrogen (secondary N) is 3. The van der Waals surface area contributed by atoms with Crippen LogP contribution in [0.3, 0.4) is 0 Å². The van der Waals surface area contributed by atoms with Gasteiger partial charge in [-0.15, -0.1) is 0 Å². The SMILES string of the molecule is N#CN[C@H]1C[C@H](C(=O)Nc2ncc(C3COCN3)s2)C1. The van der Waals surface area contributed by atoms with Gasteiger partial charge in [-0.05, 0) is 12.8 Å². The van der Waals surface area contributed by atoms with Crippen LogP contribution in [0.1, 0.15) is 23.8 Å². The molecule has 0 radical (unpaired) electrons. The first kappa shape index (κ1) is 13.3. The van der Waals surface area contributed by atoms with Crippen LogP contribution in [0.2, 0.25) is 0 Å². The zero-order valence-electron chi connectivity index (χ0n) is 10.8. The minimum atomic E-state index is -0.0267. The van der Waals surface area contributed by atoms with Crippen LogP contribution in [0, 0.1) is 17.4 Å². The Labute approximate surface area is 120 Å². The Kier molecular flexibility index (Phi) is 3.82. The van der Waals surface area contributed by atoms with Crippen LogP contribution in [0.25, 0.3) is 0 Å². The van der Waals surface area contributed by atoms with Gasteiger partial charge in [-0.3, -0.25) is 10.1 Å². The quantitative estimate of drug-likeness (QED) is 0.554. The van der Waals surface area contributed by atoms with E-state index in [1.54, 1.807) is 6.20 Å². The van der Waals surface area contributed by atoms with E-state index in [0.29, 0.717) is 31.3 Å². The summed E-state index contributed by atoms with van der Waals surface area (Å²) in [5, 5.41) is 17.8. The smallest absolute Gasteiger partial charge is 0.229 e. The standard InChI is InChI=1S/C12H15N5O2S/c13-5-15-8-1-7(2-8)11(18)17-12-14-3-10(20-12)9-4-19-6-16-9/h3,7-9,15-16H,1-2,4,6H2,(H,14,17,18)/t7-,8-,9?. The maximum atomic E-state index is 12.0. The highest BCUT2D eigenvalue weighted by Crippen LogP contribution is 2.30. The molecule has 1 saturated heterocycles. The van der Waals surface area contributed by atoms with E-state index in [-0.39, 0.29) is 23.9 Å². The third-order valence-corrected chi connectivity index (χ3v) is 4.62. The molecule has 1 atom stereocenters. The summed E-state index contributed by atoms with van der Waals surface area (Å²) < 4.78 is 5.25. The fourth-order valence-corrected chi connectivity index (χ4v) is 3.21. The third-order valence-electron chi connectivity index (χ3n) is 3.59. The van der Waals surface area contributed by atoms with Crippen molar-refractivity contribution in [3.8, 4) is 6.19 Å². The lowest BCUT2D eigenvalue weighted by molar-refractivity contribution is -0.122. The topological polar surface area (TPSA) is 99.1 Å². The highest BCUT2D eigenvalue weighted by atomic mass is 32.1. The van der Waals surface area contributed by atoms with E-state index in [1.807, 2.05) is 6.19 Å². The van der Waals surface area contributed by atoms with Crippen molar-refractivity contribution in [2.24, 2.45) is 5.92 Å². The first-order valence-electron chi connectivity index (χ1n) is 6.48. The van der Waals surface area contributed by atoms with Crippen LogP contribution in [-0.4, -0.2) is 30.3 Å². The summed E-state index contributed by atoms with van der Waals surface area (Å²) >= 11 is 1.47. The Balaban J connectivity index is 1.51. The second kappa shape index (κ2) is 5.75. The van der Waals surface area contributed by atoms with Crippen molar-refractivity contribution in [1.82, 2.24) is 15.6 Å². The molecule has 2 aliphatic rings. The van der Waals surface area contributed by atoms with Gasteiger partial charge >= 0.3 is 0 Å². The molecule has 1 aromatic heterocycles. The van der Waals surface area contributed by atoms with Crippen molar-refractivity contribution in [3.63, 3.8) is 0 Å². The van der Waals surface area contributed by atoms with Crippen LogP contribution in [-0.2, 0) is 9.53 Å². The van der Waals surface area contributed by atoms with E-state index in [1.165, 1.54) is 11.3 Å². The van der Waals surface area contributed by atoms with Gasteiger partial charge in [0.15, 0.2) is 11.3 Å². The number of nitriles is 1. The summed E-state index contributed by atoms with van der Waals surface area (Å²) in [5.74, 6) is -0.0429. The Morgan fingerprint density at radius 3 is 3.15 bits per heavy atom. The molecule has 3 rings (SSSR count). The summed E-state index contributed by atoms with van der Waals surface area (Å²) in [6.07, 6.45) is 5.08. The van der Waals surface area contributed by atoms with Crippen LogP contribution >= 0.6 is 11.3 Å². The first-order chi connectivity index (χ1) is 9.76. The molecule has 0 spiro atoms. The van der Waals surface area contributed by atoms with Crippen molar-refractivity contribution < 1.29 is 9.53 Å². The average molecular weight is 293 g/mol. The molecule has 1 amide bonds. The molecule has 7 nitrogen and oxygen atoms in total. The summed E-state index contributed by atoms with van der Waals surface area (Å²) in [7, 11) is 0. The first-order valence-corrected chi connectivity index (χ1v) is 7.30. The maximum Gasteiger partial charge on any atom is 0.229 e. The zero-order valence-corrected chi connectivity index (χ0v) is 11.6. The van der Waals surface area contributed by atoms with E-state index in [4.69, 9.17) is 10.00 Å². The van der Waals surface area contributed by atoms with Gasteiger partial charge in [0.2, 0.25) is 5.91 Å². The molecule has 1 aliphatic heterocycles. The van der Waals surface area contributed by atoms with Crippen molar-refractivity contribution in [2.45, 2.75) is 24.9 Å². The molecule has 3 N–H and O–H groups in total. The van der Waals surface area contributed by atoms with Gasteiger partial charge in [-0.2, -0.15) is 5.26 Å². The van der Waals surface area contributed by atoms with Gasteiger partial charge < -0.3 is 15.4 Å². The normalized spacial score (nSPS) is 28.4. The molecule has 2 fully saturated rings. The van der Waals surface area contributed by atoms with Gasteiger partial charge in [0.25, 0.3) is 0 Å². The molecule has 1 saturated carbocycles. The minimum absolute atomic E-state index is 0.0162. The highest BCUT2D eigenvalue weighted by Gasteiger charge is 2.34. The predicted molar refractivity (Wildman–Crippen MR) is 72.7 cm³/mol. The molecule has 2 heterocycles. The monoisotopic (exact) mass is 293 g/mol. The van der Waals surface area contributed by atoms with E-state index >= 15 is 0 Å². The Hall–Kier alpha value is -1.69. The molecular weight excluding hydrogens is 278 g/mol. The number of ether oxygens (including phenoxy) is 1. The largest absolute Gasteiger partial charge is 0.364 e. The second-order valence-corrected chi connectivity index (χ2v) is 6.01. The molecule has 1 aromatic rings. The van der Waals surface area contributed by atoms with Crippen molar-refractivity contribution >= 4 is 22.4 Å². The van der Waals surface area contributed by atoms with Gasteiger partial charge in [0.1, 0.15) is 0 Å². The van der Waals surface area contributed by atoms with Crippen LogP contribution < -0.4 is 16.0 Å². The van der Waals surface area contributed by atoms with E-state index in [0.717, 1.165) is 4.88 Å². The molecule has 1 aliphatic carbocycles. The molecule has 106 valence electrons. The lowest BCUT2D eigenvalue weighted by atomic mass is 9.80. The number of thiazole rings is 1. The zero-order chi connectivity index (χ0) is 13.9. The molecule has 1 unspecified atom stereocenters. The molecular formula is C12H15N5O2S. The third kappa shape index (κ3) is 2.75. The lowest BCUT2D eigenvalue weighted by Gasteiger charge is -2.32. The minimum Gasteiger partial charge on any atom is -0.364 e. The number of hydrogen-bond acceptors (Lipinski definition) is 7. The van der Waals surface area contributed by atoms with Gasteiger partial charge in [0.05, 0.1) is 19.4 Å². The van der Waals surface area contributed by atoms with Crippen LogP contribution in [0.5, 0.6) is 0 Å². The van der Waals surface area contributed by atoms with Crippen LogP contribution in [0.15, 0.2) is 6.20 Å². The van der Waals surface area contributed by atoms with E-state index in [9.17, 15) is 4.79 Å². The Morgan fingerprint density at radius 1 is 1.60 bits per heavy atom. The summed E-state index contributed by atoms with van der Waals surface area (Å²) in [6, 6.07) is 0.313. The van der Waals surface area contributed by atoms with Gasteiger partial charge in [-0.1, -0.05) is 11.3 Å². The number of carbonyl (C=O) groups is 1. The number of carbonyl (C=O) groups excluding carboxylic acids is 1. The van der Waals surface area contributed by atoms with Gasteiger partial charge in [0, 0.05) is 23.0 Å². The fraction of sp³-hybridized carbons (Fsp3) is 0.583. The average Bonchev–Trinajstić information content (AvgIpc) is 3.02. The number of amides is 1. The summed E-state index contributed by atoms with van der Waals surface area (Å²) in [6.45, 7) is 1.19. The number of rotatable bonds is 4. The van der Waals surface area contributed by atoms with Crippen molar-refractivity contribution in [2.75, 3.05) is 18.7 Å². The lowest BCUT2D eigenvalue weighted by Crippen LogP contribution is -2.44. The van der Waals surface area contributed by atoms with E-state index < -0.39 is 0 Å². The molecule has 0 bridgehead atoms. The maximum absolute atomic E-state index is 12.0. The van der Waals surface area contributed by atoms with Crippen molar-refractivity contribution in [1.29, 1.82) is 5.26 Å². The summed E-state index contributed by atoms with van der Waals surface area (Å²) in [4.78, 5) is 17.3. The van der Waals surface area contributed by atoms with Crippen LogP contribution in [0.4, 0.5) is 5.13 Å². The Bertz CT molecular complexity index is 528. The highest BCUT2D eigenvalue weighted by molar-refractivity contribution is 7.15. The number of nitrogens with zero attached hydrogens (tertiary/aromatic N) is 2. The van der Waals surface area contributed by atoms with E-state index in [2.05, 4.69) is 20.9 Å². The Morgan fingerprint density at radius 2 is 2.45 bits per heavy atom. The summed E-state index contributed by atoms with van der Waals surface area (Å²) in [5.41, 5.74) is 0. The molecule has 0 aromatic carbocycles. The van der Waals surface area contributed by atoms with Crippen molar-refractivity contribution in [3.05, 3.63) is 11.1 Å². The number of hydrogen-bond donors (Lipinski definition) is 3. The fourth-order valence-electron chi connectivity index (χ4n) is 2.33. The number of aromatic nitrogens is 1. The second-order valence-electron chi connectivity index (χ2n) is 4.95. The molecule has 8 heteroatoms. The predicted octanol–water partition coefficient (Wildman–Crippen LogP) is 0.549. The number of anilines is 1. The van der Waals surface area contributed by atoms with Gasteiger partial charge in [-0.25, -0.2) is 4.98 Å². The molecule has 20 heavy (non-hydrogen) atoms.